The Morgan fingerprint density at radius 2 is 1.12 bits per heavy atom. The summed E-state index contributed by atoms with van der Waals surface area (Å²) in [6, 6.07) is 16.6. The smallest absolute Gasteiger partial charge is 0.335 e. The quantitative estimate of drug-likeness (QED) is 0.484. The third kappa shape index (κ3) is 11.1. The van der Waals surface area contributed by atoms with E-state index >= 15 is 0 Å². The first kappa shape index (κ1) is 29.3. The van der Waals surface area contributed by atoms with Crippen molar-refractivity contribution in [3.8, 4) is 0 Å². The minimum atomic E-state index is -0.879. The first-order chi connectivity index (χ1) is 14.8. The minimum absolute atomic E-state index is 0.0185. The fourth-order valence-electron chi connectivity index (χ4n) is 2.95. The Labute approximate surface area is 191 Å². The highest BCUT2D eigenvalue weighted by Gasteiger charge is 2.34. The van der Waals surface area contributed by atoms with Crippen LogP contribution in [0.15, 0.2) is 60.7 Å². The van der Waals surface area contributed by atoms with Crippen LogP contribution in [0.5, 0.6) is 0 Å². The van der Waals surface area contributed by atoms with Crippen molar-refractivity contribution in [2.24, 2.45) is 17.3 Å². The van der Waals surface area contributed by atoms with Crippen molar-refractivity contribution in [2.45, 2.75) is 60.2 Å². The number of carboxylic acids is 2. The zero-order valence-corrected chi connectivity index (χ0v) is 19.9. The first-order valence-corrected chi connectivity index (χ1v) is 10.8. The third-order valence-electron chi connectivity index (χ3n) is 4.93. The maximum absolute atomic E-state index is 10.2. The molecule has 0 aromatic heterocycles. The van der Waals surface area contributed by atoms with Crippen LogP contribution in [0, 0.1) is 17.3 Å². The molecule has 0 fully saturated rings. The first-order valence-electron chi connectivity index (χ1n) is 10.8. The number of aliphatic hydroxyl groups excluding tert-OH is 2. The van der Waals surface area contributed by atoms with E-state index in [0.717, 1.165) is 6.42 Å². The van der Waals surface area contributed by atoms with Gasteiger partial charge in [-0.15, -0.1) is 0 Å². The summed E-state index contributed by atoms with van der Waals surface area (Å²) in [7, 11) is 0. The molecule has 0 saturated heterocycles. The molecule has 0 radical (unpaired) electrons. The molecule has 0 bridgehead atoms. The van der Waals surface area contributed by atoms with Crippen molar-refractivity contribution in [1.82, 2.24) is 0 Å². The molecule has 0 aliphatic carbocycles. The lowest BCUT2D eigenvalue weighted by atomic mass is 9.75. The molecule has 0 spiro atoms. The van der Waals surface area contributed by atoms with E-state index in [9.17, 15) is 19.8 Å². The van der Waals surface area contributed by atoms with Crippen molar-refractivity contribution in [3.05, 3.63) is 71.8 Å². The van der Waals surface area contributed by atoms with Gasteiger partial charge < -0.3 is 20.4 Å². The molecule has 32 heavy (non-hydrogen) atoms. The van der Waals surface area contributed by atoms with Crippen LogP contribution in [0.25, 0.3) is 0 Å². The number of hydrogen-bond donors (Lipinski definition) is 4. The van der Waals surface area contributed by atoms with Crippen LogP contribution in [0.4, 0.5) is 0 Å². The van der Waals surface area contributed by atoms with E-state index in [1.54, 1.807) is 60.7 Å². The van der Waals surface area contributed by atoms with Crippen LogP contribution in [0.2, 0.25) is 0 Å². The van der Waals surface area contributed by atoms with Gasteiger partial charge in [0.1, 0.15) is 0 Å². The monoisotopic (exact) mass is 446 g/mol. The predicted molar refractivity (Wildman–Crippen MR) is 127 cm³/mol. The normalized spacial score (nSPS) is 13.5. The molecule has 178 valence electrons. The number of hydrogen-bond acceptors (Lipinski definition) is 4. The summed E-state index contributed by atoms with van der Waals surface area (Å²) in [6.07, 6.45) is -0.0308. The number of carboxylic acid groups (broad SMARTS) is 2. The van der Waals surface area contributed by atoms with Gasteiger partial charge in [-0.25, -0.2) is 9.59 Å². The lowest BCUT2D eigenvalue weighted by molar-refractivity contribution is -0.0594. The summed E-state index contributed by atoms with van der Waals surface area (Å²) in [6.45, 7) is 12.0. The molecule has 6 nitrogen and oxygen atoms in total. The molecular formula is C26H38O6. The van der Waals surface area contributed by atoms with Crippen LogP contribution in [-0.2, 0) is 0 Å². The minimum Gasteiger partial charge on any atom is -0.478 e. The Morgan fingerprint density at radius 3 is 1.31 bits per heavy atom. The standard InChI is InChI=1S/C12H26O2.2C7H6O2/c1-7-9(10(13)8(2)3)11(14)12(4,5)6;2*8-7(9)6-4-2-1-3-5-6/h8-11,13-14H,7H2,1-6H3;2*1-5H,(H,8,9). The van der Waals surface area contributed by atoms with Crippen LogP contribution in [-0.4, -0.2) is 44.6 Å². The highest BCUT2D eigenvalue weighted by molar-refractivity contribution is 5.87. The van der Waals surface area contributed by atoms with Crippen LogP contribution in [0.1, 0.15) is 68.7 Å². The SMILES string of the molecule is CCC(C(O)C(C)C)C(O)C(C)(C)C.O=C(O)c1ccccc1.O=C(O)c1ccccc1. The highest BCUT2D eigenvalue weighted by Crippen LogP contribution is 2.31. The zero-order chi connectivity index (χ0) is 24.9. The Kier molecular flexibility index (Phi) is 13.2. The third-order valence-corrected chi connectivity index (χ3v) is 4.93. The van der Waals surface area contributed by atoms with E-state index in [0.29, 0.717) is 11.1 Å². The van der Waals surface area contributed by atoms with Crippen molar-refractivity contribution in [1.29, 1.82) is 0 Å². The Bertz CT molecular complexity index is 731. The molecule has 3 unspecified atom stereocenters. The summed E-state index contributed by atoms with van der Waals surface area (Å²) in [5, 5.41) is 36.8. The summed E-state index contributed by atoms with van der Waals surface area (Å²) >= 11 is 0. The Morgan fingerprint density at radius 1 is 0.781 bits per heavy atom. The predicted octanol–water partition coefficient (Wildman–Crippen LogP) is 5.21. The van der Waals surface area contributed by atoms with Gasteiger partial charge in [-0.3, -0.25) is 0 Å². The summed E-state index contributed by atoms with van der Waals surface area (Å²) < 4.78 is 0. The van der Waals surface area contributed by atoms with Crippen LogP contribution < -0.4 is 0 Å². The summed E-state index contributed by atoms with van der Waals surface area (Å²) in [4.78, 5) is 20.4. The van der Waals surface area contributed by atoms with E-state index in [4.69, 9.17) is 10.2 Å². The van der Waals surface area contributed by atoms with Crippen molar-refractivity contribution < 1.29 is 30.0 Å². The van der Waals surface area contributed by atoms with Crippen molar-refractivity contribution >= 4 is 11.9 Å². The molecule has 2 rings (SSSR count). The fourth-order valence-corrected chi connectivity index (χ4v) is 2.95. The van der Waals surface area contributed by atoms with E-state index in [-0.39, 0.29) is 17.3 Å². The maximum Gasteiger partial charge on any atom is 0.335 e. The van der Waals surface area contributed by atoms with Gasteiger partial charge in [-0.2, -0.15) is 0 Å². The second-order valence-corrected chi connectivity index (χ2v) is 8.96. The summed E-state index contributed by atoms with van der Waals surface area (Å²) in [5.41, 5.74) is 0.506. The van der Waals surface area contributed by atoms with Gasteiger partial charge in [0.2, 0.25) is 0 Å². The molecule has 0 aliphatic heterocycles. The van der Waals surface area contributed by atoms with Crippen LogP contribution >= 0.6 is 0 Å². The van der Waals surface area contributed by atoms with E-state index in [1.807, 2.05) is 41.5 Å². The lowest BCUT2D eigenvalue weighted by Crippen LogP contribution is -2.41. The topological polar surface area (TPSA) is 115 Å². The Balaban J connectivity index is 0.000000466. The molecule has 2 aromatic carbocycles. The average Bonchev–Trinajstić information content (AvgIpc) is 2.75. The molecule has 6 heteroatoms. The number of rotatable bonds is 6. The zero-order valence-electron chi connectivity index (χ0n) is 19.9. The van der Waals surface area contributed by atoms with E-state index < -0.39 is 24.1 Å². The second-order valence-electron chi connectivity index (χ2n) is 8.96. The highest BCUT2D eigenvalue weighted by atomic mass is 16.4. The van der Waals surface area contributed by atoms with E-state index in [2.05, 4.69) is 0 Å². The number of aromatic carboxylic acids is 2. The largest absolute Gasteiger partial charge is 0.478 e. The number of aliphatic hydroxyl groups is 2. The molecule has 0 saturated carbocycles. The molecule has 0 heterocycles. The second kappa shape index (κ2) is 14.4. The molecule has 2 aromatic rings. The molecule has 3 atom stereocenters. The van der Waals surface area contributed by atoms with E-state index in [1.165, 1.54) is 0 Å². The number of carbonyl (C=O) groups is 2. The average molecular weight is 447 g/mol. The van der Waals surface area contributed by atoms with Crippen LogP contribution in [0.3, 0.4) is 0 Å². The molecule has 0 aliphatic rings. The maximum atomic E-state index is 10.2. The van der Waals surface area contributed by atoms with Gasteiger partial charge >= 0.3 is 11.9 Å². The number of benzene rings is 2. The van der Waals surface area contributed by atoms with Gasteiger partial charge in [-0.1, -0.05) is 77.9 Å². The Hall–Kier alpha value is -2.70. The fraction of sp³-hybridized carbons (Fsp3) is 0.462. The van der Waals surface area contributed by atoms with Gasteiger partial charge in [0.25, 0.3) is 0 Å². The molecular weight excluding hydrogens is 408 g/mol. The summed E-state index contributed by atoms with van der Waals surface area (Å²) in [5.74, 6) is -1.57. The van der Waals surface area contributed by atoms with Gasteiger partial charge in [0.05, 0.1) is 23.3 Å². The molecule has 4 N–H and O–H groups in total. The lowest BCUT2D eigenvalue weighted by Gasteiger charge is -2.36. The van der Waals surface area contributed by atoms with Gasteiger partial charge in [0.15, 0.2) is 0 Å². The van der Waals surface area contributed by atoms with Gasteiger partial charge in [0, 0.05) is 5.92 Å². The van der Waals surface area contributed by atoms with Gasteiger partial charge in [-0.05, 0) is 42.0 Å². The van der Waals surface area contributed by atoms with Crippen molar-refractivity contribution in [2.75, 3.05) is 0 Å². The molecule has 0 amide bonds. The van der Waals surface area contributed by atoms with Crippen molar-refractivity contribution in [3.63, 3.8) is 0 Å².